The summed E-state index contributed by atoms with van der Waals surface area (Å²) in [5, 5.41) is 4.24. The fraction of sp³-hybridized carbons (Fsp3) is 0.417. The van der Waals surface area contributed by atoms with E-state index in [1.54, 1.807) is 11.3 Å². The summed E-state index contributed by atoms with van der Waals surface area (Å²) in [5.74, 6) is 1.38. The van der Waals surface area contributed by atoms with Crippen LogP contribution in [0.4, 0.5) is 5.69 Å². The Labute approximate surface area is 179 Å². The van der Waals surface area contributed by atoms with Crippen LogP contribution in [0.5, 0.6) is 0 Å². The van der Waals surface area contributed by atoms with Crippen LogP contribution in [0.2, 0.25) is 0 Å². The van der Waals surface area contributed by atoms with E-state index in [0.717, 1.165) is 58.6 Å². The summed E-state index contributed by atoms with van der Waals surface area (Å²) >= 11 is 8.62. The van der Waals surface area contributed by atoms with Gasteiger partial charge in [-0.15, -0.1) is 22.9 Å². The lowest BCUT2D eigenvalue weighted by atomic mass is 9.49. The molecule has 0 saturated heterocycles. The lowest BCUT2D eigenvalue weighted by Crippen LogP contribution is -2.57. The van der Waals surface area contributed by atoms with Gasteiger partial charge < -0.3 is 5.32 Å². The van der Waals surface area contributed by atoms with Gasteiger partial charge in [0.05, 0.1) is 21.3 Å². The third kappa shape index (κ3) is 2.91. The fourth-order valence-corrected chi connectivity index (χ4v) is 8.13. The minimum Gasteiger partial charge on any atom is -0.325 e. The molecule has 1 aromatic heterocycles. The highest BCUT2D eigenvalue weighted by Crippen LogP contribution is 2.64. The number of anilines is 1. The summed E-state index contributed by atoms with van der Waals surface area (Å²) in [5.41, 5.74) is 2.55. The van der Waals surface area contributed by atoms with Crippen LogP contribution in [0.1, 0.15) is 38.5 Å². The number of nitrogens with one attached hydrogen (secondary N) is 1. The minimum absolute atomic E-state index is 0.158. The first-order valence-electron chi connectivity index (χ1n) is 10.5. The van der Waals surface area contributed by atoms with Gasteiger partial charge in [0.2, 0.25) is 5.91 Å². The molecule has 0 spiro atoms. The molecule has 4 bridgehead atoms. The zero-order valence-electron chi connectivity index (χ0n) is 16.2. The predicted octanol–water partition coefficient (Wildman–Crippen LogP) is 6.48. The zero-order valence-corrected chi connectivity index (χ0v) is 17.7. The number of benzene rings is 2. The molecule has 1 amide bonds. The standard InChI is InChI=1S/C24H23ClN2OS/c25-24-12-15-9-16(13-24)11-23(10-15,14-24)22(28)27-18-6-2-1-5-17(18)21-26-19-7-3-4-8-20(19)29-21/h1-8,15-16H,9-14H2,(H,27,28). The van der Waals surface area contributed by atoms with Crippen LogP contribution in [0.15, 0.2) is 48.5 Å². The number of fused-ring (bicyclic) bond motifs is 1. The quantitative estimate of drug-likeness (QED) is 0.491. The van der Waals surface area contributed by atoms with Gasteiger partial charge >= 0.3 is 0 Å². The maximum absolute atomic E-state index is 13.6. The number of nitrogens with zero attached hydrogens (tertiary/aromatic N) is 1. The SMILES string of the molecule is O=C(Nc1ccccc1-c1nc2ccccc2s1)C12CC3CC(CC(Cl)(C3)C1)C2. The summed E-state index contributed by atoms with van der Waals surface area (Å²) in [7, 11) is 0. The number of thiazole rings is 1. The van der Waals surface area contributed by atoms with E-state index < -0.39 is 0 Å². The zero-order chi connectivity index (χ0) is 19.6. The number of amides is 1. The Bertz CT molecular complexity index is 1080. The van der Waals surface area contributed by atoms with Crippen LogP contribution < -0.4 is 5.32 Å². The van der Waals surface area contributed by atoms with Crippen LogP contribution in [-0.4, -0.2) is 15.8 Å². The molecule has 3 nitrogen and oxygen atoms in total. The molecule has 1 heterocycles. The Hall–Kier alpha value is -1.91. The number of alkyl halides is 1. The summed E-state index contributed by atoms with van der Waals surface area (Å²) in [4.78, 5) is 18.2. The first kappa shape index (κ1) is 17.9. The molecule has 7 rings (SSSR count). The number of para-hydroxylation sites is 2. The average molecular weight is 423 g/mol. The van der Waals surface area contributed by atoms with Gasteiger partial charge in [-0.2, -0.15) is 0 Å². The Balaban J connectivity index is 1.34. The van der Waals surface area contributed by atoms with Gasteiger partial charge in [-0.3, -0.25) is 4.79 Å². The highest BCUT2D eigenvalue weighted by molar-refractivity contribution is 7.21. The van der Waals surface area contributed by atoms with Crippen molar-refractivity contribution in [1.29, 1.82) is 0 Å². The molecule has 4 saturated carbocycles. The van der Waals surface area contributed by atoms with E-state index in [4.69, 9.17) is 16.6 Å². The van der Waals surface area contributed by atoms with Gasteiger partial charge in [-0.1, -0.05) is 24.3 Å². The highest BCUT2D eigenvalue weighted by atomic mass is 35.5. The van der Waals surface area contributed by atoms with E-state index in [0.29, 0.717) is 11.8 Å². The van der Waals surface area contributed by atoms with E-state index in [1.165, 1.54) is 6.42 Å². The first-order valence-corrected chi connectivity index (χ1v) is 11.7. The Kier molecular flexibility index (Phi) is 3.89. The number of rotatable bonds is 3. The molecule has 0 radical (unpaired) electrons. The van der Waals surface area contributed by atoms with Crippen molar-refractivity contribution in [2.75, 3.05) is 5.32 Å². The summed E-state index contributed by atoms with van der Waals surface area (Å²) in [6, 6.07) is 16.2. The molecule has 0 aliphatic heterocycles. The van der Waals surface area contributed by atoms with Crippen molar-refractivity contribution in [2.24, 2.45) is 17.3 Å². The molecule has 4 fully saturated rings. The molecule has 3 aromatic rings. The van der Waals surface area contributed by atoms with Crippen molar-refractivity contribution in [3.8, 4) is 10.6 Å². The Morgan fingerprint density at radius 2 is 1.76 bits per heavy atom. The van der Waals surface area contributed by atoms with Crippen LogP contribution in [0.25, 0.3) is 20.8 Å². The number of carbonyl (C=O) groups is 1. The van der Waals surface area contributed by atoms with Crippen molar-refractivity contribution in [2.45, 2.75) is 43.4 Å². The summed E-state index contributed by atoms with van der Waals surface area (Å²) in [6.45, 7) is 0. The fourth-order valence-electron chi connectivity index (χ4n) is 6.44. The van der Waals surface area contributed by atoms with E-state index in [1.807, 2.05) is 36.4 Å². The molecular weight excluding hydrogens is 400 g/mol. The number of aromatic nitrogens is 1. The first-order chi connectivity index (χ1) is 14.0. The second kappa shape index (κ2) is 6.29. The lowest BCUT2D eigenvalue weighted by molar-refractivity contribution is -0.138. The van der Waals surface area contributed by atoms with Crippen LogP contribution >= 0.6 is 22.9 Å². The largest absolute Gasteiger partial charge is 0.325 e. The lowest BCUT2D eigenvalue weighted by Gasteiger charge is -2.59. The second-order valence-corrected chi connectivity index (χ2v) is 11.2. The molecule has 2 unspecified atom stereocenters. The molecule has 5 heteroatoms. The molecule has 4 aliphatic carbocycles. The van der Waals surface area contributed by atoms with Gasteiger partial charge in [0.25, 0.3) is 0 Å². The van der Waals surface area contributed by atoms with Gasteiger partial charge in [-0.05, 0) is 74.6 Å². The van der Waals surface area contributed by atoms with Crippen LogP contribution in [-0.2, 0) is 4.79 Å². The molecule has 4 aliphatic rings. The van der Waals surface area contributed by atoms with E-state index in [2.05, 4.69) is 17.4 Å². The molecular formula is C24H23ClN2OS. The van der Waals surface area contributed by atoms with Crippen LogP contribution in [0, 0.1) is 17.3 Å². The molecule has 1 N–H and O–H groups in total. The van der Waals surface area contributed by atoms with Crippen molar-refractivity contribution in [3.05, 3.63) is 48.5 Å². The third-order valence-electron chi connectivity index (χ3n) is 7.17. The monoisotopic (exact) mass is 422 g/mol. The number of hydrogen-bond acceptors (Lipinski definition) is 3. The normalized spacial score (nSPS) is 32.6. The minimum atomic E-state index is -0.299. The summed E-state index contributed by atoms with van der Waals surface area (Å²) in [6.07, 6.45) is 6.24. The highest BCUT2D eigenvalue weighted by Gasteiger charge is 2.60. The van der Waals surface area contributed by atoms with Crippen molar-refractivity contribution in [1.82, 2.24) is 4.98 Å². The number of halogens is 1. The van der Waals surface area contributed by atoms with Gasteiger partial charge in [0, 0.05) is 10.4 Å². The van der Waals surface area contributed by atoms with E-state index >= 15 is 0 Å². The third-order valence-corrected chi connectivity index (χ3v) is 8.68. The Morgan fingerprint density at radius 3 is 2.52 bits per heavy atom. The Morgan fingerprint density at radius 1 is 1.03 bits per heavy atom. The van der Waals surface area contributed by atoms with E-state index in [-0.39, 0.29) is 16.2 Å². The van der Waals surface area contributed by atoms with Gasteiger partial charge in [0.1, 0.15) is 5.01 Å². The van der Waals surface area contributed by atoms with Crippen LogP contribution in [0.3, 0.4) is 0 Å². The number of carbonyl (C=O) groups excluding carboxylic acids is 1. The van der Waals surface area contributed by atoms with Gasteiger partial charge in [0.15, 0.2) is 0 Å². The molecule has 2 atom stereocenters. The maximum atomic E-state index is 13.6. The maximum Gasteiger partial charge on any atom is 0.230 e. The molecule has 29 heavy (non-hydrogen) atoms. The topological polar surface area (TPSA) is 42.0 Å². The summed E-state index contributed by atoms with van der Waals surface area (Å²) < 4.78 is 1.16. The van der Waals surface area contributed by atoms with Gasteiger partial charge in [-0.25, -0.2) is 4.98 Å². The molecule has 148 valence electrons. The number of hydrogen-bond donors (Lipinski definition) is 1. The smallest absolute Gasteiger partial charge is 0.230 e. The van der Waals surface area contributed by atoms with Crippen molar-refractivity contribution in [3.63, 3.8) is 0 Å². The second-order valence-electron chi connectivity index (χ2n) is 9.38. The molecule has 2 aromatic carbocycles. The average Bonchev–Trinajstić information content (AvgIpc) is 3.10. The van der Waals surface area contributed by atoms with Crippen molar-refractivity contribution < 1.29 is 4.79 Å². The predicted molar refractivity (Wildman–Crippen MR) is 119 cm³/mol. The van der Waals surface area contributed by atoms with E-state index in [9.17, 15) is 4.79 Å². The van der Waals surface area contributed by atoms with Crippen molar-refractivity contribution >= 4 is 44.7 Å².